The first kappa shape index (κ1) is 32.4. The number of hydrogen-bond acceptors (Lipinski definition) is 3. The van der Waals surface area contributed by atoms with E-state index in [1.165, 1.54) is 67.2 Å². The summed E-state index contributed by atoms with van der Waals surface area (Å²) in [6, 6.07) is 7.12. The zero-order chi connectivity index (χ0) is 33.5. The Morgan fingerprint density at radius 2 is 1.76 bits per heavy atom. The minimum absolute atomic E-state index is 0.0337. The van der Waals surface area contributed by atoms with E-state index in [0.717, 1.165) is 61.0 Å². The Hall–Kier alpha value is -3.82. The Morgan fingerprint density at radius 3 is 2.59 bits per heavy atom. The summed E-state index contributed by atoms with van der Waals surface area (Å²) in [7, 11) is 0. The van der Waals surface area contributed by atoms with Crippen molar-refractivity contribution in [1.82, 2.24) is 5.32 Å². The Bertz CT molecular complexity index is 1810. The number of fused-ring (bicyclic) bond motifs is 3. The molecule has 5 atom stereocenters. The lowest BCUT2D eigenvalue weighted by Gasteiger charge is -2.37. The van der Waals surface area contributed by atoms with Crippen molar-refractivity contribution >= 4 is 11.3 Å². The smallest absolute Gasteiger partial charge is 0.0526 e. The van der Waals surface area contributed by atoms with E-state index in [4.69, 9.17) is 11.5 Å². The van der Waals surface area contributed by atoms with E-state index < -0.39 is 0 Å². The van der Waals surface area contributed by atoms with Crippen LogP contribution in [0.4, 0.5) is 0 Å². The molecule has 0 saturated carbocycles. The van der Waals surface area contributed by atoms with E-state index in [-0.39, 0.29) is 11.5 Å². The fourth-order valence-electron chi connectivity index (χ4n) is 10.2. The van der Waals surface area contributed by atoms with Crippen molar-refractivity contribution < 1.29 is 0 Å². The standard InChI is InChI=1S/C46H55N3/c1-46(2)41-27-34(44(47)33-12-4-3-5-13-33)23-25-38(41)39-26-24-35(28-42(39)46)45(48)40-16-8-9-18-43(40)49-29-30-19-21-32(22-20-30)37-17-10-14-31-11-6-7-15-36(31)37/h3-6,8-9,11-12,14,16,18,21,23,25,27,30,35-37,43,49H,7,10,13,15,17,19-20,22,24,26,28-29,47-48H2,1-2H3/b44-33-,45-40-. The molecule has 0 aliphatic heterocycles. The Labute approximate surface area is 294 Å². The van der Waals surface area contributed by atoms with Crippen LogP contribution in [0, 0.1) is 23.7 Å². The zero-order valence-electron chi connectivity index (χ0n) is 29.7. The van der Waals surface area contributed by atoms with Gasteiger partial charge in [-0.1, -0.05) is 110 Å². The molecule has 3 heteroatoms. The van der Waals surface area contributed by atoms with Crippen LogP contribution in [0.15, 0.2) is 125 Å². The van der Waals surface area contributed by atoms with Gasteiger partial charge in [0.15, 0.2) is 0 Å². The van der Waals surface area contributed by atoms with Crippen LogP contribution in [0.5, 0.6) is 0 Å². The molecular weight excluding hydrogens is 595 g/mol. The molecular formula is C46H55N3. The van der Waals surface area contributed by atoms with Crippen molar-refractivity contribution in [3.05, 3.63) is 141 Å². The molecule has 1 aromatic rings. The fraction of sp³-hybridized carbons (Fsp3) is 0.435. The highest BCUT2D eigenvalue weighted by molar-refractivity contribution is 5.83. The van der Waals surface area contributed by atoms with Crippen LogP contribution < -0.4 is 16.8 Å². The molecule has 7 aliphatic rings. The fourth-order valence-corrected chi connectivity index (χ4v) is 10.2. The molecule has 49 heavy (non-hydrogen) atoms. The van der Waals surface area contributed by atoms with Crippen molar-refractivity contribution in [2.45, 2.75) is 95.9 Å². The van der Waals surface area contributed by atoms with Crippen LogP contribution in [0.25, 0.3) is 11.3 Å². The number of nitrogens with one attached hydrogen (secondary N) is 1. The van der Waals surface area contributed by atoms with Gasteiger partial charge in [-0.25, -0.2) is 0 Å². The van der Waals surface area contributed by atoms with E-state index in [9.17, 15) is 0 Å². The van der Waals surface area contributed by atoms with Crippen molar-refractivity contribution in [2.75, 3.05) is 6.54 Å². The molecule has 0 aromatic heterocycles. The number of rotatable bonds is 6. The van der Waals surface area contributed by atoms with Gasteiger partial charge in [0, 0.05) is 22.7 Å². The second-order valence-electron chi connectivity index (χ2n) is 16.1. The van der Waals surface area contributed by atoms with Crippen LogP contribution in [0.1, 0.15) is 101 Å². The summed E-state index contributed by atoms with van der Waals surface area (Å²) in [5.41, 5.74) is 28.8. The van der Waals surface area contributed by atoms with Crippen LogP contribution in [-0.2, 0) is 5.41 Å². The van der Waals surface area contributed by atoms with Gasteiger partial charge in [-0.2, -0.15) is 0 Å². The average Bonchev–Trinajstić information content (AvgIpc) is 3.38. The van der Waals surface area contributed by atoms with Crippen LogP contribution in [0.3, 0.4) is 0 Å². The number of allylic oxidation sites excluding steroid dienone is 16. The Morgan fingerprint density at radius 1 is 0.878 bits per heavy atom. The van der Waals surface area contributed by atoms with Gasteiger partial charge in [0.2, 0.25) is 0 Å². The topological polar surface area (TPSA) is 64.1 Å². The average molecular weight is 650 g/mol. The monoisotopic (exact) mass is 649 g/mol. The lowest BCUT2D eigenvalue weighted by Crippen LogP contribution is -2.37. The number of benzene rings is 1. The molecule has 0 fully saturated rings. The summed E-state index contributed by atoms with van der Waals surface area (Å²) in [5, 5.41) is 3.96. The van der Waals surface area contributed by atoms with Gasteiger partial charge in [-0.05, 0) is 140 Å². The van der Waals surface area contributed by atoms with Crippen LogP contribution >= 0.6 is 0 Å². The third-order valence-corrected chi connectivity index (χ3v) is 13.1. The normalized spacial score (nSPS) is 31.9. The van der Waals surface area contributed by atoms with Crippen LogP contribution in [-0.4, -0.2) is 12.6 Å². The Kier molecular flexibility index (Phi) is 8.91. The summed E-state index contributed by atoms with van der Waals surface area (Å²) in [6.07, 6.45) is 40.4. The maximum atomic E-state index is 7.18. The second kappa shape index (κ2) is 13.5. The lowest BCUT2D eigenvalue weighted by atomic mass is 9.68. The lowest BCUT2D eigenvalue weighted by molar-refractivity contribution is 0.337. The molecule has 8 rings (SSSR count). The molecule has 0 radical (unpaired) electrons. The predicted octanol–water partition coefficient (Wildman–Crippen LogP) is 10.0. The highest BCUT2D eigenvalue weighted by Gasteiger charge is 2.41. The van der Waals surface area contributed by atoms with Gasteiger partial charge in [-0.3, -0.25) is 0 Å². The molecule has 1 aromatic carbocycles. The molecule has 7 aliphatic carbocycles. The quantitative estimate of drug-likeness (QED) is 0.269. The molecule has 0 saturated heterocycles. The molecule has 5 N–H and O–H groups in total. The van der Waals surface area contributed by atoms with Gasteiger partial charge in [0.1, 0.15) is 0 Å². The van der Waals surface area contributed by atoms with Gasteiger partial charge >= 0.3 is 0 Å². The third kappa shape index (κ3) is 6.14. The van der Waals surface area contributed by atoms with Crippen molar-refractivity contribution in [3.8, 4) is 0 Å². The SMILES string of the molecule is CC1(C)C2=C(CCC(/C(N)=C3\C=CC=CC3NCC3CC=C(C4CCC=C5C=CCCC54)CC3)C2)c2ccc(/C(N)=C3\C=CC=CC3)cc21. The summed E-state index contributed by atoms with van der Waals surface area (Å²) >= 11 is 0. The third-order valence-electron chi connectivity index (χ3n) is 13.1. The molecule has 5 unspecified atom stereocenters. The van der Waals surface area contributed by atoms with E-state index >= 15 is 0 Å². The van der Waals surface area contributed by atoms with Gasteiger partial charge in [0.05, 0.1) is 6.04 Å². The number of nitrogens with two attached hydrogens (primary N) is 2. The molecule has 254 valence electrons. The maximum Gasteiger partial charge on any atom is 0.0526 e. The largest absolute Gasteiger partial charge is 0.402 e. The molecule has 0 amide bonds. The van der Waals surface area contributed by atoms with Crippen molar-refractivity contribution in [2.24, 2.45) is 35.1 Å². The molecule has 0 bridgehead atoms. The van der Waals surface area contributed by atoms with Gasteiger partial charge in [-0.15, -0.1) is 0 Å². The van der Waals surface area contributed by atoms with Crippen molar-refractivity contribution in [1.29, 1.82) is 0 Å². The molecule has 0 heterocycles. The van der Waals surface area contributed by atoms with E-state index in [0.29, 0.717) is 11.8 Å². The summed E-state index contributed by atoms with van der Waals surface area (Å²) in [4.78, 5) is 0. The molecule has 3 nitrogen and oxygen atoms in total. The highest BCUT2D eigenvalue weighted by Crippen LogP contribution is 2.54. The highest BCUT2D eigenvalue weighted by atomic mass is 14.9. The minimum Gasteiger partial charge on any atom is -0.402 e. The van der Waals surface area contributed by atoms with Gasteiger partial charge in [0.25, 0.3) is 0 Å². The van der Waals surface area contributed by atoms with Crippen LogP contribution in [0.2, 0.25) is 0 Å². The first-order valence-corrected chi connectivity index (χ1v) is 19.2. The van der Waals surface area contributed by atoms with Gasteiger partial charge < -0.3 is 16.8 Å². The predicted molar refractivity (Wildman–Crippen MR) is 207 cm³/mol. The summed E-state index contributed by atoms with van der Waals surface area (Å²) in [5.74, 6) is 2.59. The second-order valence-corrected chi connectivity index (χ2v) is 16.1. The minimum atomic E-state index is -0.0337. The van der Waals surface area contributed by atoms with E-state index in [1.807, 2.05) is 0 Å². The van der Waals surface area contributed by atoms with E-state index in [1.54, 1.807) is 22.3 Å². The van der Waals surface area contributed by atoms with E-state index in [2.05, 4.69) is 110 Å². The maximum absolute atomic E-state index is 7.18. The summed E-state index contributed by atoms with van der Waals surface area (Å²) in [6.45, 7) is 5.86. The van der Waals surface area contributed by atoms with Crippen molar-refractivity contribution in [3.63, 3.8) is 0 Å². The first-order valence-electron chi connectivity index (χ1n) is 19.2. The first-order chi connectivity index (χ1) is 23.9. The number of hydrogen-bond donors (Lipinski definition) is 3. The summed E-state index contributed by atoms with van der Waals surface area (Å²) < 4.78 is 0. The Balaban J connectivity index is 0.936. The molecule has 0 spiro atoms. The zero-order valence-corrected chi connectivity index (χ0v) is 29.7.